The maximum atomic E-state index is 5.72. The molecule has 0 fully saturated rings. The molecule has 1 aromatic heterocycles. The maximum absolute atomic E-state index is 5.72. The van der Waals surface area contributed by atoms with Crippen LogP contribution in [0.2, 0.25) is 10.3 Å². The molecule has 1 aromatic rings. The van der Waals surface area contributed by atoms with Gasteiger partial charge in [0.15, 0.2) is 5.15 Å². The van der Waals surface area contributed by atoms with Gasteiger partial charge in [0.1, 0.15) is 11.0 Å². The molecule has 0 aliphatic heterocycles. The Morgan fingerprint density at radius 2 is 2.25 bits per heavy atom. The van der Waals surface area contributed by atoms with Crippen LogP contribution in [-0.2, 0) is 0 Å². The predicted octanol–water partition coefficient (Wildman–Crippen LogP) is 3.18. The van der Waals surface area contributed by atoms with E-state index in [0.29, 0.717) is 16.2 Å². The van der Waals surface area contributed by atoms with E-state index in [1.807, 2.05) is 0 Å². The van der Waals surface area contributed by atoms with Crippen LogP contribution in [0.3, 0.4) is 0 Å². The molecular weight excluding hydrogens is 215 g/mol. The second kappa shape index (κ2) is 4.40. The number of hydrogen-bond donors (Lipinski definition) is 1. The summed E-state index contributed by atoms with van der Waals surface area (Å²) in [4.78, 5) is 7.03. The number of aromatic amines is 1. The Bertz CT molecular complexity index is 242. The van der Waals surface area contributed by atoms with Crippen molar-refractivity contribution in [1.29, 1.82) is 0 Å². The van der Waals surface area contributed by atoms with Crippen molar-refractivity contribution in [3.8, 4) is 0 Å². The summed E-state index contributed by atoms with van der Waals surface area (Å²) in [6.45, 7) is 2.09. The van der Waals surface area contributed by atoms with E-state index in [0.717, 1.165) is 11.6 Å². The summed E-state index contributed by atoms with van der Waals surface area (Å²) in [6, 6.07) is 0. The lowest BCUT2D eigenvalue weighted by Crippen LogP contribution is -1.98. The third-order valence-electron chi connectivity index (χ3n) is 1.52. The largest absolute Gasteiger partial charge is 0.331 e. The van der Waals surface area contributed by atoms with Gasteiger partial charge in [0.05, 0.1) is 0 Å². The Kier molecular flexibility index (Phi) is 3.75. The van der Waals surface area contributed by atoms with Gasteiger partial charge in [-0.15, -0.1) is 0 Å². The maximum Gasteiger partial charge on any atom is 0.166 e. The summed E-state index contributed by atoms with van der Waals surface area (Å²) in [6.07, 6.45) is 2.06. The van der Waals surface area contributed by atoms with Gasteiger partial charge in [-0.05, 0) is 6.26 Å². The average molecular weight is 225 g/mol. The molecule has 0 amide bonds. The van der Waals surface area contributed by atoms with E-state index in [2.05, 4.69) is 23.1 Å². The number of thioether (sulfide) groups is 1. The third kappa shape index (κ3) is 2.31. The fraction of sp³-hybridized carbons (Fsp3) is 0.571. The Hall–Kier alpha value is 0.140. The van der Waals surface area contributed by atoms with Crippen LogP contribution in [0.1, 0.15) is 18.7 Å². The number of H-pyrrole nitrogens is 1. The van der Waals surface area contributed by atoms with E-state index >= 15 is 0 Å². The highest BCUT2D eigenvalue weighted by Gasteiger charge is 2.11. The number of halogens is 2. The molecule has 0 saturated carbocycles. The lowest BCUT2D eigenvalue weighted by Gasteiger charge is -2.04. The van der Waals surface area contributed by atoms with Gasteiger partial charge >= 0.3 is 0 Å². The van der Waals surface area contributed by atoms with Gasteiger partial charge in [-0.25, -0.2) is 4.98 Å². The Balaban J connectivity index is 2.74. The van der Waals surface area contributed by atoms with Gasteiger partial charge in [0.2, 0.25) is 0 Å². The normalized spacial score (nSPS) is 13.3. The summed E-state index contributed by atoms with van der Waals surface area (Å²) >= 11 is 13.2. The van der Waals surface area contributed by atoms with Crippen molar-refractivity contribution in [3.63, 3.8) is 0 Å². The lowest BCUT2D eigenvalue weighted by molar-refractivity contribution is 0.806. The van der Waals surface area contributed by atoms with Crippen LogP contribution in [0.5, 0.6) is 0 Å². The molecule has 1 unspecified atom stereocenters. The van der Waals surface area contributed by atoms with Gasteiger partial charge in [0.25, 0.3) is 0 Å². The van der Waals surface area contributed by atoms with Crippen molar-refractivity contribution in [2.45, 2.75) is 12.8 Å². The first kappa shape index (κ1) is 10.2. The zero-order valence-electron chi connectivity index (χ0n) is 6.90. The number of nitrogens with one attached hydrogen (secondary N) is 1. The van der Waals surface area contributed by atoms with Crippen molar-refractivity contribution in [2.24, 2.45) is 0 Å². The van der Waals surface area contributed by atoms with Gasteiger partial charge in [-0.2, -0.15) is 11.8 Å². The molecule has 68 valence electrons. The number of hydrogen-bond acceptors (Lipinski definition) is 2. The Morgan fingerprint density at radius 3 is 2.67 bits per heavy atom. The molecule has 0 saturated heterocycles. The van der Waals surface area contributed by atoms with Crippen LogP contribution in [0.25, 0.3) is 0 Å². The smallest absolute Gasteiger partial charge is 0.166 e. The Labute approximate surface area is 86.0 Å². The summed E-state index contributed by atoms with van der Waals surface area (Å²) in [7, 11) is 0. The van der Waals surface area contributed by atoms with Crippen LogP contribution in [0.4, 0.5) is 0 Å². The lowest BCUT2D eigenvalue weighted by atomic mass is 10.2. The van der Waals surface area contributed by atoms with Crippen molar-refractivity contribution in [2.75, 3.05) is 12.0 Å². The molecule has 2 nitrogen and oxygen atoms in total. The first-order chi connectivity index (χ1) is 5.65. The first-order valence-electron chi connectivity index (χ1n) is 3.55. The van der Waals surface area contributed by atoms with Crippen molar-refractivity contribution in [1.82, 2.24) is 9.97 Å². The van der Waals surface area contributed by atoms with Gasteiger partial charge < -0.3 is 4.98 Å². The fourth-order valence-corrected chi connectivity index (χ4v) is 1.84. The summed E-state index contributed by atoms with van der Waals surface area (Å²) < 4.78 is 0. The summed E-state index contributed by atoms with van der Waals surface area (Å²) in [5, 5.41) is 0.791. The van der Waals surface area contributed by atoms with Crippen LogP contribution >= 0.6 is 35.0 Å². The van der Waals surface area contributed by atoms with E-state index in [9.17, 15) is 0 Å². The minimum Gasteiger partial charge on any atom is -0.331 e. The molecule has 0 aliphatic rings. The molecule has 0 aliphatic carbocycles. The highest BCUT2D eigenvalue weighted by atomic mass is 35.5. The van der Waals surface area contributed by atoms with Crippen molar-refractivity contribution in [3.05, 3.63) is 16.1 Å². The van der Waals surface area contributed by atoms with E-state index in [4.69, 9.17) is 23.2 Å². The molecule has 1 atom stereocenters. The van der Waals surface area contributed by atoms with Crippen molar-refractivity contribution >= 4 is 35.0 Å². The minimum atomic E-state index is 0.361. The van der Waals surface area contributed by atoms with Crippen LogP contribution in [0.15, 0.2) is 0 Å². The van der Waals surface area contributed by atoms with E-state index in [1.54, 1.807) is 11.8 Å². The monoisotopic (exact) mass is 224 g/mol. The molecule has 1 heterocycles. The topological polar surface area (TPSA) is 28.7 Å². The average Bonchev–Trinajstić information content (AvgIpc) is 2.33. The fourth-order valence-electron chi connectivity index (χ4n) is 0.909. The number of imidazole rings is 1. The molecule has 12 heavy (non-hydrogen) atoms. The summed E-state index contributed by atoms with van der Waals surface area (Å²) in [5.41, 5.74) is 0. The molecular formula is C7H10Cl2N2S. The van der Waals surface area contributed by atoms with E-state index in [-0.39, 0.29) is 0 Å². The molecule has 1 N–H and O–H groups in total. The Morgan fingerprint density at radius 1 is 1.58 bits per heavy atom. The summed E-state index contributed by atoms with van der Waals surface area (Å²) in [5.74, 6) is 2.24. The second-order valence-electron chi connectivity index (χ2n) is 2.58. The van der Waals surface area contributed by atoms with Gasteiger partial charge in [-0.3, -0.25) is 0 Å². The highest BCUT2D eigenvalue weighted by Crippen LogP contribution is 2.23. The van der Waals surface area contributed by atoms with E-state index in [1.165, 1.54) is 0 Å². The minimum absolute atomic E-state index is 0.361. The van der Waals surface area contributed by atoms with Crippen molar-refractivity contribution < 1.29 is 0 Å². The molecule has 5 heteroatoms. The van der Waals surface area contributed by atoms with E-state index < -0.39 is 0 Å². The highest BCUT2D eigenvalue weighted by molar-refractivity contribution is 7.98. The van der Waals surface area contributed by atoms with Gasteiger partial charge in [0, 0.05) is 11.7 Å². The zero-order chi connectivity index (χ0) is 9.14. The second-order valence-corrected chi connectivity index (χ2v) is 4.23. The third-order valence-corrected chi connectivity index (χ3v) is 3.00. The van der Waals surface area contributed by atoms with Gasteiger partial charge in [-0.1, -0.05) is 30.1 Å². The number of nitrogens with zero attached hydrogens (tertiary/aromatic N) is 1. The predicted molar refractivity (Wildman–Crippen MR) is 55.4 cm³/mol. The molecule has 1 rings (SSSR count). The number of rotatable bonds is 3. The van der Waals surface area contributed by atoms with Crippen LogP contribution in [0, 0.1) is 0 Å². The van der Waals surface area contributed by atoms with Crippen LogP contribution in [-0.4, -0.2) is 22.0 Å². The SMILES string of the molecule is CSCC(C)c1nc(Cl)c(Cl)[nH]1. The molecule has 0 bridgehead atoms. The first-order valence-corrected chi connectivity index (χ1v) is 5.70. The standard InChI is InChI=1S/C7H10Cl2N2S/c1-4(3-12-2)7-10-5(8)6(9)11-7/h4H,3H2,1-2H3,(H,10,11). The number of aromatic nitrogens is 2. The quantitative estimate of drug-likeness (QED) is 0.855. The molecule has 0 radical (unpaired) electrons. The zero-order valence-corrected chi connectivity index (χ0v) is 9.22. The van der Waals surface area contributed by atoms with Crippen LogP contribution < -0.4 is 0 Å². The molecule has 0 spiro atoms. The molecule has 0 aromatic carbocycles.